The first-order valence-corrected chi connectivity index (χ1v) is 8.58. The Bertz CT molecular complexity index is 1170. The van der Waals surface area contributed by atoms with Gasteiger partial charge in [0, 0.05) is 16.7 Å². The summed E-state index contributed by atoms with van der Waals surface area (Å²) >= 11 is 12.2. The number of hydrogen-bond donors (Lipinski definition) is 1. The molecule has 0 saturated heterocycles. The number of H-pyrrole nitrogens is 1. The largest absolute Gasteiger partial charge is 0.457 e. The number of aromatic nitrogens is 2. The molecule has 0 radical (unpaired) electrons. The monoisotopic (exact) mass is 382 g/mol. The van der Waals surface area contributed by atoms with Crippen LogP contribution in [0.1, 0.15) is 11.6 Å². The average Bonchev–Trinajstić information content (AvgIpc) is 3.10. The molecule has 0 aliphatic rings. The van der Waals surface area contributed by atoms with Crippen molar-refractivity contribution in [3.8, 4) is 11.3 Å². The molecule has 0 bridgehead atoms. The third-order valence-corrected chi connectivity index (χ3v) is 4.40. The van der Waals surface area contributed by atoms with Crippen molar-refractivity contribution in [1.82, 2.24) is 9.97 Å². The zero-order chi connectivity index (χ0) is 18.1. The maximum absolute atomic E-state index is 12.2. The van der Waals surface area contributed by atoms with Gasteiger partial charge in [0.1, 0.15) is 11.5 Å². The number of halogens is 2. The van der Waals surface area contributed by atoms with Crippen LogP contribution in [0.2, 0.25) is 5.02 Å². The quantitative estimate of drug-likeness (QED) is 0.503. The molecular weight excluding hydrogens is 371 g/mol. The zero-order valence-corrected chi connectivity index (χ0v) is 14.9. The minimum absolute atomic E-state index is 0.238. The van der Waals surface area contributed by atoms with Gasteiger partial charge in [-0.05, 0) is 48.5 Å². The van der Waals surface area contributed by atoms with Gasteiger partial charge in [-0.2, -0.15) is 0 Å². The lowest BCUT2D eigenvalue weighted by molar-refractivity contribution is 0.572. The van der Waals surface area contributed by atoms with Gasteiger partial charge in [-0.3, -0.25) is 4.79 Å². The molecule has 6 heteroatoms. The Morgan fingerprint density at radius 3 is 2.62 bits per heavy atom. The first-order valence-electron chi connectivity index (χ1n) is 7.82. The third kappa shape index (κ3) is 3.29. The molecule has 0 amide bonds. The number of nitrogens with zero attached hydrogens (tertiary/aromatic N) is 1. The number of hydrogen-bond acceptors (Lipinski definition) is 3. The molecule has 2 aromatic heterocycles. The van der Waals surface area contributed by atoms with Crippen LogP contribution >= 0.6 is 23.2 Å². The highest BCUT2D eigenvalue weighted by Gasteiger charge is 2.09. The molecule has 0 unspecified atom stereocenters. The molecule has 0 saturated carbocycles. The molecule has 1 N–H and O–H groups in total. The average molecular weight is 383 g/mol. The van der Waals surface area contributed by atoms with Crippen LogP contribution in [0.5, 0.6) is 0 Å². The van der Waals surface area contributed by atoms with Gasteiger partial charge >= 0.3 is 0 Å². The van der Waals surface area contributed by atoms with Gasteiger partial charge in [-0.25, -0.2) is 4.98 Å². The van der Waals surface area contributed by atoms with Crippen LogP contribution in [0.3, 0.4) is 0 Å². The van der Waals surface area contributed by atoms with Crippen LogP contribution in [-0.4, -0.2) is 9.97 Å². The Labute approximate surface area is 158 Å². The van der Waals surface area contributed by atoms with Crippen molar-refractivity contribution >= 4 is 45.2 Å². The molecule has 4 nitrogen and oxygen atoms in total. The van der Waals surface area contributed by atoms with Crippen LogP contribution in [-0.2, 0) is 0 Å². The van der Waals surface area contributed by atoms with Crippen molar-refractivity contribution in [3.05, 3.63) is 87.6 Å². The third-order valence-electron chi connectivity index (χ3n) is 3.86. The van der Waals surface area contributed by atoms with Crippen LogP contribution in [0, 0.1) is 0 Å². The number of aromatic amines is 1. The number of furan rings is 1. The SMILES string of the molecule is O=c1[nH]c(/C(Cl)=C/c2ccc(-c3ccc(Cl)cc3)o2)nc2ccccc12. The fraction of sp³-hybridized carbons (Fsp3) is 0. The van der Waals surface area contributed by atoms with E-state index in [2.05, 4.69) is 9.97 Å². The predicted molar refractivity (Wildman–Crippen MR) is 105 cm³/mol. The highest BCUT2D eigenvalue weighted by atomic mass is 35.5. The Morgan fingerprint density at radius 1 is 1.04 bits per heavy atom. The Kier molecular flexibility index (Phi) is 4.37. The number of nitrogens with one attached hydrogen (secondary N) is 1. The highest BCUT2D eigenvalue weighted by molar-refractivity contribution is 6.50. The number of fused-ring (bicyclic) bond motifs is 1. The van der Waals surface area contributed by atoms with Crippen molar-refractivity contribution in [1.29, 1.82) is 0 Å². The summed E-state index contributed by atoms with van der Waals surface area (Å²) in [6.07, 6.45) is 1.62. The molecule has 0 atom stereocenters. The molecule has 128 valence electrons. The smallest absolute Gasteiger partial charge is 0.259 e. The van der Waals surface area contributed by atoms with E-state index in [-0.39, 0.29) is 10.6 Å². The minimum Gasteiger partial charge on any atom is -0.457 e. The maximum Gasteiger partial charge on any atom is 0.259 e. The first kappa shape index (κ1) is 16.6. The summed E-state index contributed by atoms with van der Waals surface area (Å²) in [5, 5.41) is 1.46. The van der Waals surface area contributed by atoms with Crippen molar-refractivity contribution in [2.75, 3.05) is 0 Å². The fourth-order valence-corrected chi connectivity index (χ4v) is 2.92. The summed E-state index contributed by atoms with van der Waals surface area (Å²) < 4.78 is 5.80. The number of para-hydroxylation sites is 1. The number of rotatable bonds is 3. The van der Waals surface area contributed by atoms with E-state index < -0.39 is 0 Å². The van der Waals surface area contributed by atoms with Crippen LogP contribution in [0.25, 0.3) is 33.3 Å². The molecule has 0 fully saturated rings. The lowest BCUT2D eigenvalue weighted by atomic mass is 10.2. The van der Waals surface area contributed by atoms with Crippen LogP contribution in [0.4, 0.5) is 0 Å². The molecular formula is C20H12Cl2N2O2. The maximum atomic E-state index is 12.2. The summed E-state index contributed by atoms with van der Waals surface area (Å²) in [6, 6.07) is 18.1. The predicted octanol–water partition coefficient (Wildman–Crippen LogP) is 5.57. The lowest BCUT2D eigenvalue weighted by Crippen LogP contribution is -2.10. The molecule has 2 heterocycles. The van der Waals surface area contributed by atoms with Crippen molar-refractivity contribution in [3.63, 3.8) is 0 Å². The lowest BCUT2D eigenvalue weighted by Gasteiger charge is -2.01. The van der Waals surface area contributed by atoms with E-state index in [1.807, 2.05) is 24.3 Å². The zero-order valence-electron chi connectivity index (χ0n) is 13.4. The van der Waals surface area contributed by atoms with Gasteiger partial charge in [0.05, 0.1) is 15.9 Å². The standard InChI is InChI=1S/C20H12Cl2N2O2/c21-13-7-5-12(6-8-13)18-10-9-14(26-18)11-16(22)19-23-17-4-2-1-3-15(17)20(25)24-19/h1-11H,(H,23,24,25)/b16-11-. The van der Waals surface area contributed by atoms with E-state index in [0.717, 1.165) is 5.56 Å². The van der Waals surface area contributed by atoms with Crippen molar-refractivity contribution < 1.29 is 4.42 Å². The van der Waals surface area contributed by atoms with Gasteiger partial charge in [-0.15, -0.1) is 0 Å². The van der Waals surface area contributed by atoms with E-state index in [4.69, 9.17) is 27.6 Å². The molecule has 0 aliphatic heterocycles. The van der Waals surface area contributed by atoms with Crippen LogP contribution in [0.15, 0.2) is 69.9 Å². The Balaban J connectivity index is 1.68. The van der Waals surface area contributed by atoms with Gasteiger partial charge in [0.15, 0.2) is 5.82 Å². The van der Waals surface area contributed by atoms with E-state index in [1.165, 1.54) is 0 Å². The van der Waals surface area contributed by atoms with Crippen molar-refractivity contribution in [2.24, 2.45) is 0 Å². The molecule has 4 rings (SSSR count). The van der Waals surface area contributed by atoms with Crippen LogP contribution < -0.4 is 5.56 Å². The van der Waals surface area contributed by atoms with Crippen molar-refractivity contribution in [2.45, 2.75) is 0 Å². The fourth-order valence-electron chi connectivity index (χ4n) is 2.59. The first-order chi connectivity index (χ1) is 12.6. The summed E-state index contributed by atoms with van der Waals surface area (Å²) in [5.41, 5.74) is 1.25. The Morgan fingerprint density at radius 2 is 1.81 bits per heavy atom. The normalized spacial score (nSPS) is 11.8. The molecule has 26 heavy (non-hydrogen) atoms. The second kappa shape index (κ2) is 6.83. The van der Waals surface area contributed by atoms with E-state index in [1.54, 1.807) is 42.5 Å². The molecule has 4 aromatic rings. The van der Waals surface area contributed by atoms with E-state index in [0.29, 0.717) is 33.3 Å². The topological polar surface area (TPSA) is 58.9 Å². The van der Waals surface area contributed by atoms with Gasteiger partial charge in [0.25, 0.3) is 5.56 Å². The Hall–Kier alpha value is -2.82. The number of benzene rings is 2. The summed E-state index contributed by atoms with van der Waals surface area (Å²) in [7, 11) is 0. The molecule has 0 aliphatic carbocycles. The summed E-state index contributed by atoms with van der Waals surface area (Å²) in [5.74, 6) is 1.54. The minimum atomic E-state index is -0.238. The second-order valence-corrected chi connectivity index (χ2v) is 6.48. The summed E-state index contributed by atoms with van der Waals surface area (Å²) in [4.78, 5) is 19.2. The van der Waals surface area contributed by atoms with E-state index >= 15 is 0 Å². The highest BCUT2D eigenvalue weighted by Crippen LogP contribution is 2.26. The molecule has 0 spiro atoms. The second-order valence-electron chi connectivity index (χ2n) is 5.63. The van der Waals surface area contributed by atoms with Gasteiger partial charge in [-0.1, -0.05) is 35.3 Å². The summed E-state index contributed by atoms with van der Waals surface area (Å²) in [6.45, 7) is 0. The molecule has 2 aromatic carbocycles. The van der Waals surface area contributed by atoms with Gasteiger partial charge < -0.3 is 9.40 Å². The van der Waals surface area contributed by atoms with Gasteiger partial charge in [0.2, 0.25) is 0 Å². The van der Waals surface area contributed by atoms with E-state index in [9.17, 15) is 4.79 Å².